The zero-order valence-electron chi connectivity index (χ0n) is 10.6. The second-order valence-corrected chi connectivity index (χ2v) is 2.77. The predicted octanol–water partition coefficient (Wildman–Crippen LogP) is 4.50. The zero-order valence-corrected chi connectivity index (χ0v) is 10.6. The van der Waals surface area contributed by atoms with E-state index >= 15 is 0 Å². The average Bonchev–Trinajstić information content (AvgIpc) is 2.66. The molecule has 2 heteroatoms. The minimum atomic E-state index is 0.869. The van der Waals surface area contributed by atoms with Gasteiger partial charge in [-0.15, -0.1) is 0 Å². The van der Waals surface area contributed by atoms with Crippen LogP contribution < -0.4 is 0 Å². The maximum atomic E-state index is 5.05. The predicted molar refractivity (Wildman–Crippen MR) is 66.2 cm³/mol. The molecule has 0 aliphatic rings. The minimum Gasteiger partial charge on any atom is -0.356 e. The van der Waals surface area contributed by atoms with Crippen molar-refractivity contribution in [3.63, 3.8) is 0 Å². The third-order valence-electron chi connectivity index (χ3n) is 1.81. The van der Waals surface area contributed by atoms with Crippen LogP contribution in [-0.4, -0.2) is 5.16 Å². The van der Waals surface area contributed by atoms with Crippen molar-refractivity contribution < 1.29 is 4.52 Å². The molecule has 0 spiro atoms. The van der Waals surface area contributed by atoms with Crippen LogP contribution in [0.1, 0.15) is 39.0 Å². The summed E-state index contributed by atoms with van der Waals surface area (Å²) in [7, 11) is 0. The summed E-state index contributed by atoms with van der Waals surface area (Å²) in [6.45, 7) is 12.0. The Morgan fingerprint density at radius 3 is 2.20 bits per heavy atom. The topological polar surface area (TPSA) is 26.0 Å². The van der Waals surface area contributed by atoms with E-state index in [1.54, 1.807) is 0 Å². The highest BCUT2D eigenvalue weighted by Gasteiger charge is 2.01. The Bertz CT molecular complexity index is 390. The van der Waals surface area contributed by atoms with Crippen LogP contribution in [0.25, 0.3) is 11.0 Å². The van der Waals surface area contributed by atoms with Gasteiger partial charge < -0.3 is 4.52 Å². The molecule has 1 aromatic heterocycles. The highest BCUT2D eigenvalue weighted by atomic mass is 16.5. The molecule has 1 heterocycles. The quantitative estimate of drug-likeness (QED) is 0.635. The van der Waals surface area contributed by atoms with Crippen LogP contribution >= 0.6 is 0 Å². The van der Waals surface area contributed by atoms with Crippen molar-refractivity contribution in [3.05, 3.63) is 29.5 Å². The third-order valence-corrected chi connectivity index (χ3v) is 1.81. The van der Waals surface area contributed by atoms with Gasteiger partial charge in [-0.2, -0.15) is 0 Å². The molecule has 0 bridgehead atoms. The van der Waals surface area contributed by atoms with Crippen molar-refractivity contribution in [2.75, 3.05) is 0 Å². The number of aromatic nitrogens is 1. The van der Waals surface area contributed by atoms with Crippen LogP contribution in [0.3, 0.4) is 0 Å². The Morgan fingerprint density at radius 2 is 1.60 bits per heavy atom. The molecule has 0 N–H and O–H groups in total. The first-order valence-electron chi connectivity index (χ1n) is 5.60. The molecule has 0 aliphatic carbocycles. The van der Waals surface area contributed by atoms with Crippen LogP contribution in [-0.2, 0) is 0 Å². The summed E-state index contributed by atoms with van der Waals surface area (Å²) >= 11 is 0. The largest absolute Gasteiger partial charge is 0.356 e. The van der Waals surface area contributed by atoms with E-state index in [1.165, 1.54) is 5.56 Å². The zero-order chi connectivity index (χ0) is 11.8. The van der Waals surface area contributed by atoms with E-state index < -0.39 is 0 Å². The molecular formula is C13H21NO. The lowest BCUT2D eigenvalue weighted by Gasteiger charge is -1.89. The van der Waals surface area contributed by atoms with Crippen LogP contribution in [0.15, 0.2) is 22.7 Å². The van der Waals surface area contributed by atoms with Gasteiger partial charge in [0.25, 0.3) is 0 Å². The number of rotatable bonds is 0. The molecule has 2 aromatic rings. The molecule has 0 saturated heterocycles. The van der Waals surface area contributed by atoms with Crippen LogP contribution in [0.4, 0.5) is 0 Å². The van der Waals surface area contributed by atoms with E-state index in [-0.39, 0.29) is 0 Å². The molecule has 1 aromatic carbocycles. The first-order chi connectivity index (χ1) is 7.27. The van der Waals surface area contributed by atoms with Gasteiger partial charge in [-0.25, -0.2) is 0 Å². The summed E-state index contributed by atoms with van der Waals surface area (Å²) in [5.74, 6) is 0. The number of hydrogen-bond donors (Lipinski definition) is 0. The maximum absolute atomic E-state index is 5.05. The summed E-state index contributed by atoms with van der Waals surface area (Å²) in [4.78, 5) is 0. The number of nitrogens with zero attached hydrogens (tertiary/aromatic N) is 1. The first-order valence-corrected chi connectivity index (χ1v) is 5.60. The molecule has 0 unspecified atom stereocenters. The number of fused-ring (bicyclic) bond motifs is 1. The van der Waals surface area contributed by atoms with E-state index in [0.717, 1.165) is 16.7 Å². The second kappa shape index (κ2) is 7.04. The van der Waals surface area contributed by atoms with Crippen molar-refractivity contribution in [2.45, 2.75) is 41.5 Å². The normalized spacial score (nSPS) is 8.67. The van der Waals surface area contributed by atoms with Crippen LogP contribution in [0.2, 0.25) is 0 Å². The molecule has 0 saturated carbocycles. The summed E-state index contributed by atoms with van der Waals surface area (Å²) in [6.07, 6.45) is 0. The average molecular weight is 207 g/mol. The van der Waals surface area contributed by atoms with Gasteiger partial charge in [-0.3, -0.25) is 0 Å². The Balaban J connectivity index is 0.000000442. The van der Waals surface area contributed by atoms with Crippen LogP contribution in [0.5, 0.6) is 0 Å². The fraction of sp³-hybridized carbons (Fsp3) is 0.462. The van der Waals surface area contributed by atoms with Gasteiger partial charge in [0.2, 0.25) is 0 Å². The second-order valence-electron chi connectivity index (χ2n) is 2.77. The molecule has 84 valence electrons. The number of benzene rings is 1. The first kappa shape index (κ1) is 13.7. The van der Waals surface area contributed by atoms with E-state index in [9.17, 15) is 0 Å². The van der Waals surface area contributed by atoms with Gasteiger partial charge >= 0.3 is 0 Å². The summed E-state index contributed by atoms with van der Waals surface area (Å²) in [5, 5.41) is 4.98. The maximum Gasteiger partial charge on any atom is 0.167 e. The Morgan fingerprint density at radius 1 is 1.00 bits per heavy atom. The highest BCUT2D eigenvalue weighted by molar-refractivity contribution is 5.79. The molecule has 2 nitrogen and oxygen atoms in total. The fourth-order valence-electron chi connectivity index (χ4n) is 1.17. The minimum absolute atomic E-state index is 0.869. The monoisotopic (exact) mass is 207 g/mol. The van der Waals surface area contributed by atoms with E-state index in [0.29, 0.717) is 0 Å². The molecule has 15 heavy (non-hydrogen) atoms. The van der Waals surface area contributed by atoms with Crippen molar-refractivity contribution in [1.82, 2.24) is 5.16 Å². The summed E-state index contributed by atoms with van der Waals surface area (Å²) < 4.78 is 5.05. The van der Waals surface area contributed by atoms with E-state index in [4.69, 9.17) is 4.52 Å². The Labute approximate surface area is 92.3 Å². The van der Waals surface area contributed by atoms with Crippen molar-refractivity contribution in [1.29, 1.82) is 0 Å². The number of aryl methyl sites for hydroxylation is 2. The Hall–Kier alpha value is -1.31. The summed E-state index contributed by atoms with van der Waals surface area (Å²) in [5.41, 5.74) is 3.07. The highest BCUT2D eigenvalue weighted by Crippen LogP contribution is 2.18. The van der Waals surface area contributed by atoms with Crippen molar-refractivity contribution in [2.24, 2.45) is 0 Å². The van der Waals surface area contributed by atoms with Gasteiger partial charge in [0.1, 0.15) is 0 Å². The Kier molecular flexibility index (Phi) is 6.43. The standard InChI is InChI=1S/C9H9NO.2C2H6/c1-6-3-4-9-8(5-6)7(2)10-11-9;2*1-2/h3-5H,1-2H3;2*1-2H3. The fourth-order valence-corrected chi connectivity index (χ4v) is 1.17. The van der Waals surface area contributed by atoms with Crippen LogP contribution in [0, 0.1) is 13.8 Å². The van der Waals surface area contributed by atoms with Gasteiger partial charge in [0.15, 0.2) is 5.58 Å². The van der Waals surface area contributed by atoms with Crippen molar-refractivity contribution >= 4 is 11.0 Å². The van der Waals surface area contributed by atoms with Gasteiger partial charge in [-0.1, -0.05) is 44.5 Å². The third kappa shape index (κ3) is 3.39. The number of hydrogen-bond acceptors (Lipinski definition) is 2. The molecule has 0 amide bonds. The molecule has 0 atom stereocenters. The van der Waals surface area contributed by atoms with Gasteiger partial charge in [0.05, 0.1) is 5.69 Å². The molecule has 2 rings (SSSR count). The van der Waals surface area contributed by atoms with Crippen molar-refractivity contribution in [3.8, 4) is 0 Å². The lowest BCUT2D eigenvalue weighted by Crippen LogP contribution is -1.72. The lowest BCUT2D eigenvalue weighted by atomic mass is 10.1. The lowest BCUT2D eigenvalue weighted by molar-refractivity contribution is 0.450. The molecule has 0 radical (unpaired) electrons. The molecule has 0 aliphatic heterocycles. The van der Waals surface area contributed by atoms with E-state index in [2.05, 4.69) is 18.1 Å². The summed E-state index contributed by atoms with van der Waals surface area (Å²) in [6, 6.07) is 6.05. The van der Waals surface area contributed by atoms with E-state index in [1.807, 2.05) is 46.8 Å². The molecular weight excluding hydrogens is 186 g/mol. The van der Waals surface area contributed by atoms with Gasteiger partial charge in [0, 0.05) is 5.39 Å². The van der Waals surface area contributed by atoms with Gasteiger partial charge in [-0.05, 0) is 26.0 Å². The molecule has 0 fully saturated rings. The SMILES string of the molecule is CC.CC.Cc1ccc2onc(C)c2c1. The smallest absolute Gasteiger partial charge is 0.167 e.